The maximum Gasteiger partial charge on any atom is 0.416 e. The van der Waals surface area contributed by atoms with E-state index < -0.39 is 23.2 Å². The molecule has 0 saturated heterocycles. The van der Waals surface area contributed by atoms with Crippen molar-refractivity contribution in [1.82, 2.24) is 0 Å². The molecule has 1 aromatic carbocycles. The van der Waals surface area contributed by atoms with Crippen molar-refractivity contribution < 1.29 is 23.1 Å². The lowest BCUT2D eigenvalue weighted by Crippen LogP contribution is -2.24. The highest BCUT2D eigenvalue weighted by atomic mass is 32.1. The fourth-order valence-corrected chi connectivity index (χ4v) is 2.32. The van der Waals surface area contributed by atoms with E-state index in [0.29, 0.717) is 12.8 Å². The summed E-state index contributed by atoms with van der Waals surface area (Å²) >= 11 is 3.95. The van der Waals surface area contributed by atoms with Gasteiger partial charge < -0.3 is 5.11 Å². The third kappa shape index (κ3) is 3.62. The van der Waals surface area contributed by atoms with Crippen molar-refractivity contribution in [2.45, 2.75) is 25.9 Å². The summed E-state index contributed by atoms with van der Waals surface area (Å²) in [6.45, 7) is 1.27. The van der Waals surface area contributed by atoms with E-state index in [1.54, 1.807) is 6.07 Å². The SMILES string of the molecule is Cc1cc(N(S)C(=O)C(C#N)=C(O)C2CC2)ccc1C(F)(F)F. The first kappa shape index (κ1) is 17.2. The molecular weight excluding hydrogens is 329 g/mol. The third-order valence-electron chi connectivity index (χ3n) is 3.50. The van der Waals surface area contributed by atoms with E-state index in [1.165, 1.54) is 6.92 Å². The Bertz CT molecular complexity index is 718. The average Bonchev–Trinajstić information content (AvgIpc) is 3.30. The smallest absolute Gasteiger partial charge is 0.416 e. The fourth-order valence-electron chi connectivity index (χ4n) is 2.10. The molecule has 0 heterocycles. The Morgan fingerprint density at radius 2 is 2.04 bits per heavy atom. The number of aryl methyl sites for hydroxylation is 1. The van der Waals surface area contributed by atoms with Crippen LogP contribution in [0.3, 0.4) is 0 Å². The van der Waals surface area contributed by atoms with Crippen LogP contribution >= 0.6 is 12.8 Å². The number of allylic oxidation sites excluding steroid dienone is 1. The molecule has 2 rings (SSSR count). The number of alkyl halides is 3. The highest BCUT2D eigenvalue weighted by Crippen LogP contribution is 2.37. The molecule has 0 radical (unpaired) electrons. The Morgan fingerprint density at radius 3 is 2.48 bits per heavy atom. The molecule has 0 aliphatic heterocycles. The van der Waals surface area contributed by atoms with Crippen molar-refractivity contribution in [2.24, 2.45) is 5.92 Å². The van der Waals surface area contributed by atoms with Gasteiger partial charge in [0.25, 0.3) is 5.91 Å². The minimum absolute atomic E-state index is 0.0734. The Morgan fingerprint density at radius 1 is 1.43 bits per heavy atom. The molecule has 0 unspecified atom stereocenters. The Kier molecular flexibility index (Phi) is 4.61. The number of carbonyl (C=O) groups is 1. The number of thiol groups is 1. The molecule has 1 aliphatic carbocycles. The number of rotatable bonds is 3. The van der Waals surface area contributed by atoms with Gasteiger partial charge in [-0.05, 0) is 43.5 Å². The molecule has 4 nitrogen and oxygen atoms in total. The Labute approximate surface area is 136 Å². The lowest BCUT2D eigenvalue weighted by molar-refractivity contribution is -0.138. The molecule has 1 N–H and O–H groups in total. The summed E-state index contributed by atoms with van der Waals surface area (Å²) in [5, 5.41) is 18.9. The summed E-state index contributed by atoms with van der Waals surface area (Å²) in [5.74, 6) is -1.37. The number of carbonyl (C=O) groups excluding carboxylic acids is 1. The van der Waals surface area contributed by atoms with Crippen molar-refractivity contribution >= 4 is 24.4 Å². The number of amides is 1. The maximum atomic E-state index is 12.7. The van der Waals surface area contributed by atoms with Crippen molar-refractivity contribution in [1.29, 1.82) is 5.26 Å². The van der Waals surface area contributed by atoms with Gasteiger partial charge in [0.2, 0.25) is 0 Å². The topological polar surface area (TPSA) is 64.3 Å². The van der Waals surface area contributed by atoms with E-state index >= 15 is 0 Å². The van der Waals surface area contributed by atoms with Gasteiger partial charge in [-0.2, -0.15) is 18.4 Å². The zero-order valence-electron chi connectivity index (χ0n) is 12.1. The number of anilines is 1. The van der Waals surface area contributed by atoms with Crippen LogP contribution in [0.15, 0.2) is 29.5 Å². The predicted molar refractivity (Wildman–Crippen MR) is 80.6 cm³/mol. The van der Waals surface area contributed by atoms with Gasteiger partial charge in [-0.15, -0.1) is 0 Å². The van der Waals surface area contributed by atoms with E-state index in [1.807, 2.05) is 0 Å². The molecule has 23 heavy (non-hydrogen) atoms. The first-order chi connectivity index (χ1) is 10.7. The Balaban J connectivity index is 2.32. The van der Waals surface area contributed by atoms with Crippen molar-refractivity contribution in [3.05, 3.63) is 40.7 Å². The zero-order valence-corrected chi connectivity index (χ0v) is 12.9. The van der Waals surface area contributed by atoms with Gasteiger partial charge in [0, 0.05) is 5.92 Å². The first-order valence-corrected chi connectivity index (χ1v) is 7.11. The van der Waals surface area contributed by atoms with Gasteiger partial charge in [0.1, 0.15) is 11.8 Å². The van der Waals surface area contributed by atoms with Gasteiger partial charge >= 0.3 is 6.18 Å². The summed E-state index contributed by atoms with van der Waals surface area (Å²) in [4.78, 5) is 12.2. The van der Waals surface area contributed by atoms with Crippen molar-refractivity contribution in [3.8, 4) is 6.07 Å². The molecular formula is C15H13F3N2O2S. The van der Waals surface area contributed by atoms with Crippen molar-refractivity contribution in [3.63, 3.8) is 0 Å². The van der Waals surface area contributed by atoms with E-state index in [4.69, 9.17) is 5.26 Å². The van der Waals surface area contributed by atoms with Crippen LogP contribution in [0, 0.1) is 24.2 Å². The van der Waals surface area contributed by atoms with E-state index in [0.717, 1.165) is 22.5 Å². The molecule has 1 aromatic rings. The summed E-state index contributed by atoms with van der Waals surface area (Å²) in [6, 6.07) is 4.72. The van der Waals surface area contributed by atoms with Crippen LogP contribution in [-0.4, -0.2) is 11.0 Å². The molecule has 0 atom stereocenters. The largest absolute Gasteiger partial charge is 0.510 e. The van der Waals surface area contributed by atoms with Crippen LogP contribution in [0.5, 0.6) is 0 Å². The summed E-state index contributed by atoms with van der Waals surface area (Å²) in [6.07, 6.45) is -3.11. The first-order valence-electron chi connectivity index (χ1n) is 6.71. The monoisotopic (exact) mass is 342 g/mol. The highest BCUT2D eigenvalue weighted by molar-refractivity contribution is 7.82. The Hall–Kier alpha value is -2.14. The van der Waals surface area contributed by atoms with Gasteiger partial charge in [-0.25, -0.2) is 0 Å². The normalized spacial score (nSPS) is 15.7. The molecule has 1 aliphatic rings. The minimum atomic E-state index is -4.49. The van der Waals surface area contributed by atoms with Crippen LogP contribution < -0.4 is 4.31 Å². The zero-order chi connectivity index (χ0) is 17.4. The van der Waals surface area contributed by atoms with Gasteiger partial charge in [-0.1, -0.05) is 12.8 Å². The second-order valence-electron chi connectivity index (χ2n) is 5.26. The second-order valence-corrected chi connectivity index (χ2v) is 5.66. The van der Waals surface area contributed by atoms with E-state index in [9.17, 15) is 23.1 Å². The standard InChI is InChI=1S/C15H13F3N2O2S/c1-8-6-10(4-5-12(8)15(16,17)18)20(23)14(22)11(7-19)13(21)9-2-3-9/h4-6,9,21,23H,2-3H2,1H3. The van der Waals surface area contributed by atoms with Crippen LogP contribution in [-0.2, 0) is 11.0 Å². The van der Waals surface area contributed by atoms with Crippen LogP contribution in [0.25, 0.3) is 0 Å². The van der Waals surface area contributed by atoms with Crippen LogP contribution in [0.4, 0.5) is 18.9 Å². The van der Waals surface area contributed by atoms with E-state index in [-0.39, 0.29) is 22.9 Å². The predicted octanol–water partition coefficient (Wildman–Crippen LogP) is 3.94. The van der Waals surface area contributed by atoms with Crippen LogP contribution in [0.2, 0.25) is 0 Å². The number of benzene rings is 1. The number of hydrogen-bond donors (Lipinski definition) is 2. The molecule has 0 bridgehead atoms. The van der Waals surface area contributed by atoms with Gasteiger partial charge in [0.15, 0.2) is 5.57 Å². The molecule has 1 amide bonds. The summed E-state index contributed by atoms with van der Waals surface area (Å²) in [7, 11) is 0. The van der Waals surface area contributed by atoms with Crippen LogP contribution in [0.1, 0.15) is 24.0 Å². The quantitative estimate of drug-likeness (QED) is 0.378. The summed E-state index contributed by atoms with van der Waals surface area (Å²) < 4.78 is 39.0. The fraction of sp³-hybridized carbons (Fsp3) is 0.333. The number of nitriles is 1. The molecule has 8 heteroatoms. The van der Waals surface area contributed by atoms with Gasteiger partial charge in [0.05, 0.1) is 11.3 Å². The molecule has 0 aromatic heterocycles. The third-order valence-corrected chi connectivity index (χ3v) is 3.91. The minimum Gasteiger partial charge on any atom is -0.510 e. The molecule has 0 spiro atoms. The van der Waals surface area contributed by atoms with E-state index in [2.05, 4.69) is 12.8 Å². The number of nitrogens with zero attached hydrogens (tertiary/aromatic N) is 2. The van der Waals surface area contributed by atoms with Crippen molar-refractivity contribution in [2.75, 3.05) is 4.31 Å². The van der Waals surface area contributed by atoms with Gasteiger partial charge in [-0.3, -0.25) is 9.10 Å². The maximum absolute atomic E-state index is 12.7. The lowest BCUT2D eigenvalue weighted by Gasteiger charge is -2.18. The summed E-state index contributed by atoms with van der Waals surface area (Å²) in [5.41, 5.74) is -1.25. The average molecular weight is 342 g/mol. The second kappa shape index (κ2) is 6.16. The molecule has 1 fully saturated rings. The number of hydrogen-bond acceptors (Lipinski definition) is 4. The number of aliphatic hydroxyl groups excluding tert-OH is 1. The molecule has 122 valence electrons. The lowest BCUT2D eigenvalue weighted by atomic mass is 10.1. The number of aliphatic hydroxyl groups is 1. The highest BCUT2D eigenvalue weighted by Gasteiger charge is 2.34. The number of halogens is 3. The molecule has 1 saturated carbocycles.